The second kappa shape index (κ2) is 8.26. The maximum Gasteiger partial charge on any atom is 0.251 e. The molecule has 1 aliphatic heterocycles. The van der Waals surface area contributed by atoms with E-state index in [9.17, 15) is 13.2 Å². The fraction of sp³-hybridized carbons (Fsp3) is 0.632. The van der Waals surface area contributed by atoms with Crippen LogP contribution in [0.4, 0.5) is 0 Å². The summed E-state index contributed by atoms with van der Waals surface area (Å²) >= 11 is 0. The summed E-state index contributed by atoms with van der Waals surface area (Å²) in [4.78, 5) is 12.7. The summed E-state index contributed by atoms with van der Waals surface area (Å²) in [6.07, 6.45) is 3.18. The van der Waals surface area contributed by atoms with Gasteiger partial charge in [-0.1, -0.05) is 6.07 Å². The van der Waals surface area contributed by atoms with Gasteiger partial charge in [0.2, 0.25) is 10.0 Å². The summed E-state index contributed by atoms with van der Waals surface area (Å²) in [6.45, 7) is 4.34. The second-order valence-electron chi connectivity index (χ2n) is 7.69. The molecule has 0 bridgehead atoms. The third-order valence-corrected chi connectivity index (χ3v) is 7.05. The van der Waals surface area contributed by atoms with Crippen LogP contribution in [0.15, 0.2) is 29.2 Å². The van der Waals surface area contributed by atoms with Crippen LogP contribution in [0.3, 0.4) is 0 Å². The SMILES string of the molecule is CC1CN(S(=O)(=O)c2cccc(C(=O)NC3CCC(N)CC3)c2)CC(C)O1. The first kappa shape index (κ1) is 20.3. The van der Waals surface area contributed by atoms with Gasteiger partial charge in [0.1, 0.15) is 0 Å². The van der Waals surface area contributed by atoms with Crippen LogP contribution in [-0.4, -0.2) is 56.0 Å². The molecule has 1 saturated carbocycles. The summed E-state index contributed by atoms with van der Waals surface area (Å²) in [5.74, 6) is -0.240. The second-order valence-corrected chi connectivity index (χ2v) is 9.63. The number of nitrogens with one attached hydrogen (secondary N) is 1. The molecule has 1 saturated heterocycles. The number of rotatable bonds is 4. The normalized spacial score (nSPS) is 30.0. The van der Waals surface area contributed by atoms with E-state index in [0.29, 0.717) is 18.7 Å². The van der Waals surface area contributed by atoms with Gasteiger partial charge in [-0.15, -0.1) is 0 Å². The van der Waals surface area contributed by atoms with Crippen molar-refractivity contribution in [3.05, 3.63) is 29.8 Å². The molecule has 1 aromatic carbocycles. The van der Waals surface area contributed by atoms with Gasteiger partial charge in [-0.3, -0.25) is 4.79 Å². The number of hydrogen-bond acceptors (Lipinski definition) is 5. The lowest BCUT2D eigenvalue weighted by Gasteiger charge is -2.34. The molecule has 27 heavy (non-hydrogen) atoms. The lowest BCUT2D eigenvalue weighted by molar-refractivity contribution is -0.0440. The van der Waals surface area contributed by atoms with Gasteiger partial charge in [0.15, 0.2) is 0 Å². The monoisotopic (exact) mass is 395 g/mol. The van der Waals surface area contributed by atoms with E-state index in [-0.39, 0.29) is 35.1 Å². The van der Waals surface area contributed by atoms with Crippen LogP contribution < -0.4 is 11.1 Å². The van der Waals surface area contributed by atoms with Gasteiger partial charge in [0.25, 0.3) is 5.91 Å². The number of morpholine rings is 1. The van der Waals surface area contributed by atoms with Crippen LogP contribution >= 0.6 is 0 Å². The first-order valence-corrected chi connectivity index (χ1v) is 11.0. The zero-order valence-electron chi connectivity index (χ0n) is 15.9. The number of sulfonamides is 1. The quantitative estimate of drug-likeness (QED) is 0.804. The molecule has 150 valence electrons. The molecule has 7 nitrogen and oxygen atoms in total. The maximum absolute atomic E-state index is 13.0. The molecule has 0 spiro atoms. The highest BCUT2D eigenvalue weighted by Gasteiger charge is 2.32. The van der Waals surface area contributed by atoms with Gasteiger partial charge >= 0.3 is 0 Å². The number of amides is 1. The number of carbonyl (C=O) groups excluding carboxylic acids is 1. The summed E-state index contributed by atoms with van der Waals surface area (Å²) in [5.41, 5.74) is 6.27. The Kier molecular flexibility index (Phi) is 6.20. The number of hydrogen-bond donors (Lipinski definition) is 2. The Labute approximate surface area is 161 Å². The maximum atomic E-state index is 13.0. The Balaban J connectivity index is 1.73. The minimum absolute atomic E-state index is 0.0958. The zero-order valence-corrected chi connectivity index (χ0v) is 16.7. The van der Waals surface area contributed by atoms with Gasteiger partial charge < -0.3 is 15.8 Å². The van der Waals surface area contributed by atoms with Gasteiger partial charge in [-0.25, -0.2) is 8.42 Å². The van der Waals surface area contributed by atoms with Crippen LogP contribution in [0.5, 0.6) is 0 Å². The van der Waals surface area contributed by atoms with Crippen LogP contribution in [0.1, 0.15) is 49.9 Å². The summed E-state index contributed by atoms with van der Waals surface area (Å²) in [5, 5.41) is 3.01. The highest BCUT2D eigenvalue weighted by Crippen LogP contribution is 2.22. The number of nitrogens with zero attached hydrogens (tertiary/aromatic N) is 1. The number of ether oxygens (including phenoxy) is 1. The molecule has 8 heteroatoms. The molecule has 2 unspecified atom stereocenters. The van der Waals surface area contributed by atoms with Crippen molar-refractivity contribution in [2.45, 2.75) is 68.7 Å². The van der Waals surface area contributed by atoms with E-state index in [1.54, 1.807) is 12.1 Å². The predicted molar refractivity (Wildman–Crippen MR) is 103 cm³/mol. The van der Waals surface area contributed by atoms with Crippen molar-refractivity contribution in [3.8, 4) is 0 Å². The smallest absolute Gasteiger partial charge is 0.251 e. The zero-order chi connectivity index (χ0) is 19.6. The summed E-state index contributed by atoms with van der Waals surface area (Å²) in [7, 11) is -3.67. The van der Waals surface area contributed by atoms with Gasteiger partial charge in [-0.05, 0) is 57.7 Å². The average Bonchev–Trinajstić information content (AvgIpc) is 2.63. The standard InChI is InChI=1S/C19H29N3O4S/c1-13-11-22(12-14(2)26-13)27(24,25)18-5-3-4-15(10-18)19(23)21-17-8-6-16(20)7-9-17/h3-5,10,13-14,16-17H,6-9,11-12,20H2,1-2H3,(H,21,23). The molecule has 1 amide bonds. The predicted octanol–water partition coefficient (Wildman–Crippen LogP) is 1.48. The molecular formula is C19H29N3O4S. The molecule has 3 rings (SSSR count). The first-order chi connectivity index (χ1) is 12.8. The molecule has 3 N–H and O–H groups in total. The van der Waals surface area contributed by atoms with Crippen molar-refractivity contribution in [1.29, 1.82) is 0 Å². The Morgan fingerprint density at radius 1 is 1.15 bits per heavy atom. The minimum atomic E-state index is -3.67. The number of carbonyl (C=O) groups is 1. The van der Waals surface area contributed by atoms with E-state index < -0.39 is 10.0 Å². The van der Waals surface area contributed by atoms with Crippen molar-refractivity contribution >= 4 is 15.9 Å². The van der Waals surface area contributed by atoms with Gasteiger partial charge in [0.05, 0.1) is 17.1 Å². The van der Waals surface area contributed by atoms with Crippen LogP contribution in [0, 0.1) is 0 Å². The fourth-order valence-electron chi connectivity index (χ4n) is 3.81. The molecule has 2 fully saturated rings. The first-order valence-electron chi connectivity index (χ1n) is 9.58. The Bertz CT molecular complexity index is 765. The largest absolute Gasteiger partial charge is 0.373 e. The van der Waals surface area contributed by atoms with Crippen molar-refractivity contribution in [1.82, 2.24) is 9.62 Å². The molecule has 2 aliphatic rings. The third kappa shape index (κ3) is 4.87. The average molecular weight is 396 g/mol. The van der Waals surface area contributed by atoms with E-state index in [4.69, 9.17) is 10.5 Å². The highest BCUT2D eigenvalue weighted by molar-refractivity contribution is 7.89. The van der Waals surface area contributed by atoms with E-state index in [2.05, 4.69) is 5.32 Å². The van der Waals surface area contributed by atoms with Gasteiger partial charge in [-0.2, -0.15) is 4.31 Å². The Hall–Kier alpha value is -1.48. The Morgan fingerprint density at radius 3 is 2.41 bits per heavy atom. The lowest BCUT2D eigenvalue weighted by Crippen LogP contribution is -2.48. The van der Waals surface area contributed by atoms with Crippen LogP contribution in [-0.2, 0) is 14.8 Å². The van der Waals surface area contributed by atoms with Crippen molar-refractivity contribution < 1.29 is 17.9 Å². The van der Waals surface area contributed by atoms with E-state index in [1.165, 1.54) is 16.4 Å². The minimum Gasteiger partial charge on any atom is -0.373 e. The van der Waals surface area contributed by atoms with Crippen molar-refractivity contribution in [3.63, 3.8) is 0 Å². The fourth-order valence-corrected chi connectivity index (χ4v) is 5.44. The van der Waals surface area contributed by atoms with Gasteiger partial charge in [0, 0.05) is 30.7 Å². The van der Waals surface area contributed by atoms with Crippen LogP contribution in [0.2, 0.25) is 0 Å². The molecule has 1 aliphatic carbocycles. The molecular weight excluding hydrogens is 366 g/mol. The van der Waals surface area contributed by atoms with E-state index >= 15 is 0 Å². The Morgan fingerprint density at radius 2 is 1.78 bits per heavy atom. The molecule has 2 atom stereocenters. The van der Waals surface area contributed by atoms with Crippen molar-refractivity contribution in [2.24, 2.45) is 5.73 Å². The molecule has 0 aromatic heterocycles. The third-order valence-electron chi connectivity index (χ3n) is 5.23. The lowest BCUT2D eigenvalue weighted by atomic mass is 9.91. The highest BCUT2D eigenvalue weighted by atomic mass is 32.2. The van der Waals surface area contributed by atoms with Crippen LogP contribution in [0.25, 0.3) is 0 Å². The van der Waals surface area contributed by atoms with E-state index in [1.807, 2.05) is 13.8 Å². The van der Waals surface area contributed by atoms with E-state index in [0.717, 1.165) is 25.7 Å². The number of nitrogens with two attached hydrogens (primary N) is 1. The van der Waals surface area contributed by atoms with Crippen molar-refractivity contribution in [2.75, 3.05) is 13.1 Å². The molecule has 0 radical (unpaired) electrons. The number of benzene rings is 1. The molecule has 1 aromatic rings. The molecule has 1 heterocycles. The summed E-state index contributed by atoms with van der Waals surface area (Å²) < 4.78 is 33.1. The topological polar surface area (TPSA) is 102 Å². The summed E-state index contributed by atoms with van der Waals surface area (Å²) in [6, 6.07) is 6.57.